The summed E-state index contributed by atoms with van der Waals surface area (Å²) < 4.78 is 5.40. The first-order chi connectivity index (χ1) is 9.47. The van der Waals surface area contributed by atoms with E-state index in [9.17, 15) is 14.9 Å². The van der Waals surface area contributed by atoms with Crippen LogP contribution in [0.15, 0.2) is 18.2 Å². The Morgan fingerprint density at radius 2 is 2.15 bits per heavy atom. The van der Waals surface area contributed by atoms with Crippen molar-refractivity contribution < 1.29 is 14.5 Å². The van der Waals surface area contributed by atoms with Gasteiger partial charge in [-0.3, -0.25) is 14.9 Å². The summed E-state index contributed by atoms with van der Waals surface area (Å²) in [5.74, 6) is -0.114. The summed E-state index contributed by atoms with van der Waals surface area (Å²) in [4.78, 5) is 23.7. The minimum Gasteiger partial charge on any atom is -0.485 e. The lowest BCUT2D eigenvalue weighted by Crippen LogP contribution is -2.22. The SMILES string of the molecule is CCNCCOc1cc(C(=O)N(C)C)ccc1[N+](=O)[O-]. The zero-order chi connectivity index (χ0) is 15.1. The zero-order valence-corrected chi connectivity index (χ0v) is 11.9. The van der Waals surface area contributed by atoms with E-state index in [2.05, 4.69) is 5.32 Å². The Morgan fingerprint density at radius 3 is 2.70 bits per heavy atom. The summed E-state index contributed by atoms with van der Waals surface area (Å²) in [6.07, 6.45) is 0. The van der Waals surface area contributed by atoms with E-state index in [1.807, 2.05) is 6.92 Å². The van der Waals surface area contributed by atoms with Crippen LogP contribution in [-0.4, -0.2) is 49.5 Å². The van der Waals surface area contributed by atoms with Gasteiger partial charge in [-0.2, -0.15) is 0 Å². The summed E-state index contributed by atoms with van der Waals surface area (Å²) in [6, 6.07) is 4.13. The molecular formula is C13H19N3O4. The first-order valence-corrected chi connectivity index (χ1v) is 6.31. The average molecular weight is 281 g/mol. The number of nitro groups is 1. The maximum Gasteiger partial charge on any atom is 0.310 e. The molecule has 0 aliphatic rings. The molecule has 0 spiro atoms. The molecule has 0 saturated heterocycles. The molecule has 1 aromatic rings. The Kier molecular flexibility index (Phi) is 5.92. The molecule has 1 amide bonds. The molecule has 0 fully saturated rings. The van der Waals surface area contributed by atoms with Crippen LogP contribution in [0.2, 0.25) is 0 Å². The van der Waals surface area contributed by atoms with Gasteiger partial charge in [0.15, 0.2) is 5.75 Å². The van der Waals surface area contributed by atoms with Gasteiger partial charge in [-0.05, 0) is 12.6 Å². The molecule has 0 aromatic heterocycles. The Morgan fingerprint density at radius 1 is 1.45 bits per heavy atom. The third-order valence-electron chi connectivity index (χ3n) is 2.60. The van der Waals surface area contributed by atoms with Gasteiger partial charge in [0, 0.05) is 38.3 Å². The van der Waals surface area contributed by atoms with Crippen molar-refractivity contribution in [2.24, 2.45) is 0 Å². The number of nitro benzene ring substituents is 1. The number of ether oxygens (including phenoxy) is 1. The van der Waals surface area contributed by atoms with E-state index in [-0.39, 0.29) is 17.3 Å². The van der Waals surface area contributed by atoms with E-state index in [4.69, 9.17) is 4.74 Å². The lowest BCUT2D eigenvalue weighted by atomic mass is 10.1. The maximum atomic E-state index is 11.8. The fraction of sp³-hybridized carbons (Fsp3) is 0.462. The first-order valence-electron chi connectivity index (χ1n) is 6.31. The highest BCUT2D eigenvalue weighted by Crippen LogP contribution is 2.28. The number of carbonyl (C=O) groups excluding carboxylic acids is 1. The number of hydrogen-bond donors (Lipinski definition) is 1. The monoisotopic (exact) mass is 281 g/mol. The molecule has 0 heterocycles. The van der Waals surface area contributed by atoms with E-state index in [0.29, 0.717) is 18.7 Å². The van der Waals surface area contributed by atoms with Crippen molar-refractivity contribution in [2.45, 2.75) is 6.92 Å². The van der Waals surface area contributed by atoms with Crippen LogP contribution < -0.4 is 10.1 Å². The molecule has 7 nitrogen and oxygen atoms in total. The molecule has 1 N–H and O–H groups in total. The molecule has 0 aliphatic carbocycles. The average Bonchev–Trinajstić information content (AvgIpc) is 2.42. The van der Waals surface area contributed by atoms with Crippen LogP contribution in [0.1, 0.15) is 17.3 Å². The minimum absolute atomic E-state index is 0.112. The number of hydrogen-bond acceptors (Lipinski definition) is 5. The predicted molar refractivity (Wildman–Crippen MR) is 75.2 cm³/mol. The second-order valence-electron chi connectivity index (χ2n) is 4.34. The molecule has 0 saturated carbocycles. The van der Waals surface area contributed by atoms with Crippen molar-refractivity contribution in [3.63, 3.8) is 0 Å². The Hall–Kier alpha value is -2.15. The van der Waals surface area contributed by atoms with E-state index < -0.39 is 4.92 Å². The summed E-state index contributed by atoms with van der Waals surface area (Å²) in [5, 5.41) is 14.0. The maximum absolute atomic E-state index is 11.8. The third-order valence-corrected chi connectivity index (χ3v) is 2.60. The molecule has 0 atom stereocenters. The number of likely N-dealkylation sites (N-methyl/N-ethyl adjacent to an activating group) is 1. The number of rotatable bonds is 7. The Labute approximate surface area is 117 Å². The number of benzene rings is 1. The number of carbonyl (C=O) groups is 1. The highest BCUT2D eigenvalue weighted by Gasteiger charge is 2.18. The molecular weight excluding hydrogens is 262 g/mol. The molecule has 0 aliphatic heterocycles. The fourth-order valence-electron chi connectivity index (χ4n) is 1.58. The van der Waals surface area contributed by atoms with Gasteiger partial charge in [0.2, 0.25) is 0 Å². The fourth-order valence-corrected chi connectivity index (χ4v) is 1.58. The molecule has 7 heteroatoms. The molecule has 1 aromatic carbocycles. The highest BCUT2D eigenvalue weighted by atomic mass is 16.6. The molecule has 0 bridgehead atoms. The van der Waals surface area contributed by atoms with Crippen LogP contribution in [0.5, 0.6) is 5.75 Å². The standard InChI is InChI=1S/C13H19N3O4/c1-4-14-7-8-20-12-9-10(13(17)15(2)3)5-6-11(12)16(18)19/h5-6,9,14H,4,7-8H2,1-3H3. The van der Waals surface area contributed by atoms with E-state index in [1.165, 1.54) is 23.1 Å². The van der Waals surface area contributed by atoms with Crippen LogP contribution in [0, 0.1) is 10.1 Å². The van der Waals surface area contributed by atoms with Gasteiger partial charge in [-0.1, -0.05) is 6.92 Å². The topological polar surface area (TPSA) is 84.7 Å². The van der Waals surface area contributed by atoms with Crippen LogP contribution in [0.25, 0.3) is 0 Å². The number of nitrogens with one attached hydrogen (secondary N) is 1. The van der Waals surface area contributed by atoms with Crippen molar-refractivity contribution in [3.8, 4) is 5.75 Å². The Bertz CT molecular complexity index is 489. The van der Waals surface area contributed by atoms with Gasteiger partial charge in [0.1, 0.15) is 6.61 Å². The largest absolute Gasteiger partial charge is 0.485 e. The lowest BCUT2D eigenvalue weighted by molar-refractivity contribution is -0.385. The van der Waals surface area contributed by atoms with Crippen molar-refractivity contribution in [1.29, 1.82) is 0 Å². The highest BCUT2D eigenvalue weighted by molar-refractivity contribution is 5.94. The predicted octanol–water partition coefficient (Wildman–Crippen LogP) is 1.28. The van der Waals surface area contributed by atoms with Gasteiger partial charge in [0.05, 0.1) is 4.92 Å². The van der Waals surface area contributed by atoms with Gasteiger partial charge in [0.25, 0.3) is 5.91 Å². The van der Waals surface area contributed by atoms with Crippen molar-refractivity contribution >= 4 is 11.6 Å². The second kappa shape index (κ2) is 7.44. The summed E-state index contributed by atoms with van der Waals surface area (Å²) >= 11 is 0. The van der Waals surface area contributed by atoms with Crippen molar-refractivity contribution in [1.82, 2.24) is 10.2 Å². The quantitative estimate of drug-likeness (QED) is 0.462. The van der Waals surface area contributed by atoms with E-state index in [0.717, 1.165) is 6.54 Å². The molecule has 0 unspecified atom stereocenters. The second-order valence-corrected chi connectivity index (χ2v) is 4.34. The van der Waals surface area contributed by atoms with E-state index >= 15 is 0 Å². The normalized spacial score (nSPS) is 10.2. The lowest BCUT2D eigenvalue weighted by Gasteiger charge is -2.12. The molecule has 20 heavy (non-hydrogen) atoms. The zero-order valence-electron chi connectivity index (χ0n) is 11.9. The van der Waals surface area contributed by atoms with Crippen LogP contribution in [0.4, 0.5) is 5.69 Å². The van der Waals surface area contributed by atoms with E-state index in [1.54, 1.807) is 14.1 Å². The van der Waals surface area contributed by atoms with Crippen LogP contribution >= 0.6 is 0 Å². The van der Waals surface area contributed by atoms with Crippen molar-refractivity contribution in [2.75, 3.05) is 33.8 Å². The van der Waals surface area contributed by atoms with Crippen molar-refractivity contribution in [3.05, 3.63) is 33.9 Å². The Balaban J connectivity index is 2.94. The summed E-state index contributed by atoms with van der Waals surface area (Å²) in [7, 11) is 3.24. The molecule has 1 rings (SSSR count). The van der Waals surface area contributed by atoms with Crippen LogP contribution in [-0.2, 0) is 0 Å². The van der Waals surface area contributed by atoms with Crippen LogP contribution in [0.3, 0.4) is 0 Å². The van der Waals surface area contributed by atoms with Gasteiger partial charge in [-0.15, -0.1) is 0 Å². The van der Waals surface area contributed by atoms with Gasteiger partial charge >= 0.3 is 5.69 Å². The van der Waals surface area contributed by atoms with Gasteiger partial charge < -0.3 is 15.0 Å². The first kappa shape index (κ1) is 15.9. The minimum atomic E-state index is -0.521. The summed E-state index contributed by atoms with van der Waals surface area (Å²) in [5.41, 5.74) is 0.218. The molecule has 110 valence electrons. The summed E-state index contributed by atoms with van der Waals surface area (Å²) in [6.45, 7) is 3.64. The number of amides is 1. The number of nitrogens with zero attached hydrogens (tertiary/aromatic N) is 2. The van der Waals surface area contributed by atoms with Gasteiger partial charge in [-0.25, -0.2) is 0 Å². The third kappa shape index (κ3) is 4.20. The molecule has 0 radical (unpaired) electrons. The smallest absolute Gasteiger partial charge is 0.310 e.